The number of carbonyl (C=O) groups excluding carboxylic acids is 1. The topological polar surface area (TPSA) is 58.1 Å². The molecule has 5 nitrogen and oxygen atoms in total. The third kappa shape index (κ3) is 4.36. The van der Waals surface area contributed by atoms with Gasteiger partial charge in [0.05, 0.1) is 22.4 Å². The molecule has 0 saturated carbocycles. The van der Waals surface area contributed by atoms with Gasteiger partial charge >= 0.3 is 0 Å². The van der Waals surface area contributed by atoms with Gasteiger partial charge in [0, 0.05) is 42.2 Å². The summed E-state index contributed by atoms with van der Waals surface area (Å²) < 4.78 is 0. The lowest BCUT2D eigenvalue weighted by atomic mass is 10.0. The van der Waals surface area contributed by atoms with Gasteiger partial charge in [-0.15, -0.1) is 0 Å². The molecule has 166 valence electrons. The van der Waals surface area contributed by atoms with Crippen LogP contribution in [0.25, 0.3) is 33.5 Å². The first-order valence-electron chi connectivity index (χ1n) is 11.1. The average Bonchev–Trinajstić information content (AvgIpc) is 2.89. The minimum atomic E-state index is -0.185. The van der Waals surface area contributed by atoms with E-state index in [1.807, 2.05) is 110 Å². The molecular formula is C29H24N4O. The van der Waals surface area contributed by atoms with Crippen LogP contribution in [0.4, 0.5) is 11.4 Å². The quantitative estimate of drug-likeness (QED) is 0.346. The summed E-state index contributed by atoms with van der Waals surface area (Å²) in [6, 6.07) is 33.2. The average molecular weight is 445 g/mol. The molecule has 0 fully saturated rings. The summed E-state index contributed by atoms with van der Waals surface area (Å²) in [4.78, 5) is 24.9. The van der Waals surface area contributed by atoms with Crippen molar-refractivity contribution >= 4 is 28.3 Å². The van der Waals surface area contributed by atoms with Crippen molar-refractivity contribution in [2.45, 2.75) is 0 Å². The van der Waals surface area contributed by atoms with Gasteiger partial charge in [-0.3, -0.25) is 4.79 Å². The van der Waals surface area contributed by atoms with Crippen LogP contribution in [0.15, 0.2) is 103 Å². The standard InChI is InChI=1S/C29H24N4O/c1-33(2)24-16-14-23(15-17-24)30-29(34)22-13-18-25-26(19-22)32-28(21-11-7-4-8-12-21)27(31-25)20-9-5-3-6-10-20/h3-19H,1-2H3,(H,30,34). The molecule has 0 unspecified atom stereocenters. The van der Waals surface area contributed by atoms with Crippen LogP contribution in [-0.4, -0.2) is 30.0 Å². The van der Waals surface area contributed by atoms with Gasteiger partial charge in [-0.2, -0.15) is 0 Å². The van der Waals surface area contributed by atoms with E-state index in [1.165, 1.54) is 0 Å². The highest BCUT2D eigenvalue weighted by Gasteiger charge is 2.15. The van der Waals surface area contributed by atoms with Crippen molar-refractivity contribution in [3.63, 3.8) is 0 Å². The first-order chi connectivity index (χ1) is 16.6. The highest BCUT2D eigenvalue weighted by atomic mass is 16.1. The maximum Gasteiger partial charge on any atom is 0.255 e. The van der Waals surface area contributed by atoms with Crippen molar-refractivity contribution in [1.82, 2.24) is 9.97 Å². The molecule has 0 bridgehead atoms. The Balaban J connectivity index is 1.53. The van der Waals surface area contributed by atoms with Gasteiger partial charge in [0.25, 0.3) is 5.91 Å². The van der Waals surface area contributed by atoms with E-state index in [0.717, 1.165) is 39.4 Å². The number of hydrogen-bond donors (Lipinski definition) is 1. The maximum absolute atomic E-state index is 13.0. The van der Waals surface area contributed by atoms with Crippen molar-refractivity contribution in [1.29, 1.82) is 0 Å². The van der Waals surface area contributed by atoms with Crippen LogP contribution < -0.4 is 10.2 Å². The van der Waals surface area contributed by atoms with Crippen molar-refractivity contribution in [3.05, 3.63) is 109 Å². The predicted octanol–water partition coefficient (Wildman–Crippen LogP) is 6.28. The van der Waals surface area contributed by atoms with E-state index in [4.69, 9.17) is 9.97 Å². The molecule has 0 aliphatic carbocycles. The molecule has 0 atom stereocenters. The summed E-state index contributed by atoms with van der Waals surface area (Å²) in [5.74, 6) is -0.185. The van der Waals surface area contributed by atoms with Crippen LogP contribution in [0.5, 0.6) is 0 Å². The van der Waals surface area contributed by atoms with Crippen LogP contribution in [0.1, 0.15) is 10.4 Å². The van der Waals surface area contributed by atoms with Gasteiger partial charge < -0.3 is 10.2 Å². The molecule has 0 aliphatic rings. The fraction of sp³-hybridized carbons (Fsp3) is 0.0690. The van der Waals surface area contributed by atoms with Crippen LogP contribution in [0.3, 0.4) is 0 Å². The second-order valence-corrected chi connectivity index (χ2v) is 8.25. The lowest BCUT2D eigenvalue weighted by Gasteiger charge is -2.13. The van der Waals surface area contributed by atoms with E-state index in [9.17, 15) is 4.79 Å². The van der Waals surface area contributed by atoms with E-state index in [-0.39, 0.29) is 5.91 Å². The van der Waals surface area contributed by atoms with E-state index in [0.29, 0.717) is 11.1 Å². The highest BCUT2D eigenvalue weighted by Crippen LogP contribution is 2.31. The fourth-order valence-corrected chi connectivity index (χ4v) is 3.84. The van der Waals surface area contributed by atoms with Crippen LogP contribution in [-0.2, 0) is 0 Å². The molecule has 1 heterocycles. The van der Waals surface area contributed by atoms with Crippen LogP contribution in [0, 0.1) is 0 Å². The molecule has 5 rings (SSSR count). The summed E-state index contributed by atoms with van der Waals surface area (Å²) >= 11 is 0. The second-order valence-electron chi connectivity index (χ2n) is 8.25. The molecule has 0 radical (unpaired) electrons. The van der Waals surface area contributed by atoms with Crippen LogP contribution >= 0.6 is 0 Å². The minimum absolute atomic E-state index is 0.185. The molecule has 0 saturated heterocycles. The van der Waals surface area contributed by atoms with Gasteiger partial charge in [0.2, 0.25) is 0 Å². The second kappa shape index (κ2) is 9.16. The lowest BCUT2D eigenvalue weighted by molar-refractivity contribution is 0.102. The number of amides is 1. The first kappa shape index (κ1) is 21.3. The Kier molecular flexibility index (Phi) is 5.75. The zero-order chi connectivity index (χ0) is 23.5. The number of benzene rings is 4. The number of rotatable bonds is 5. The van der Waals surface area contributed by atoms with Crippen LogP contribution in [0.2, 0.25) is 0 Å². The van der Waals surface area contributed by atoms with Crippen molar-refractivity contribution in [2.75, 3.05) is 24.3 Å². The van der Waals surface area contributed by atoms with Crippen molar-refractivity contribution in [3.8, 4) is 22.5 Å². The Morgan fingerprint density at radius 2 is 1.24 bits per heavy atom. The number of hydrogen-bond acceptors (Lipinski definition) is 4. The molecular weight excluding hydrogens is 420 g/mol. The first-order valence-corrected chi connectivity index (χ1v) is 11.1. The molecule has 1 amide bonds. The number of nitrogens with one attached hydrogen (secondary N) is 1. The molecule has 0 aliphatic heterocycles. The molecule has 0 spiro atoms. The number of anilines is 2. The number of nitrogens with zero attached hydrogens (tertiary/aromatic N) is 3. The lowest BCUT2D eigenvalue weighted by Crippen LogP contribution is -2.13. The number of aromatic nitrogens is 2. The highest BCUT2D eigenvalue weighted by molar-refractivity contribution is 6.06. The Labute approximate surface area is 198 Å². The van der Waals surface area contributed by atoms with Gasteiger partial charge in [-0.25, -0.2) is 9.97 Å². The molecule has 1 aromatic heterocycles. The Morgan fingerprint density at radius 1 is 0.676 bits per heavy atom. The third-order valence-electron chi connectivity index (χ3n) is 5.66. The van der Waals surface area contributed by atoms with Gasteiger partial charge in [0.1, 0.15) is 0 Å². The molecule has 34 heavy (non-hydrogen) atoms. The SMILES string of the molecule is CN(C)c1ccc(NC(=O)c2ccc3nc(-c4ccccc4)c(-c4ccccc4)nc3c2)cc1. The molecule has 5 heteroatoms. The van der Waals surface area contributed by atoms with E-state index < -0.39 is 0 Å². The third-order valence-corrected chi connectivity index (χ3v) is 5.66. The maximum atomic E-state index is 13.0. The van der Waals surface area contributed by atoms with Gasteiger partial charge in [-0.1, -0.05) is 60.7 Å². The normalized spacial score (nSPS) is 10.8. The number of carbonyl (C=O) groups is 1. The fourth-order valence-electron chi connectivity index (χ4n) is 3.84. The molecule has 1 N–H and O–H groups in total. The zero-order valence-electron chi connectivity index (χ0n) is 19.1. The minimum Gasteiger partial charge on any atom is -0.378 e. The monoisotopic (exact) mass is 444 g/mol. The van der Waals surface area contributed by atoms with E-state index in [2.05, 4.69) is 5.32 Å². The number of fused-ring (bicyclic) bond motifs is 1. The molecule has 5 aromatic rings. The van der Waals surface area contributed by atoms with Crippen molar-refractivity contribution < 1.29 is 4.79 Å². The van der Waals surface area contributed by atoms with E-state index in [1.54, 1.807) is 12.1 Å². The summed E-state index contributed by atoms with van der Waals surface area (Å²) in [5, 5.41) is 2.97. The summed E-state index contributed by atoms with van der Waals surface area (Å²) in [7, 11) is 3.97. The molecule has 4 aromatic carbocycles. The van der Waals surface area contributed by atoms with Gasteiger partial charge in [-0.05, 0) is 42.5 Å². The zero-order valence-corrected chi connectivity index (χ0v) is 19.1. The Hall–Kier alpha value is -4.51. The summed E-state index contributed by atoms with van der Waals surface area (Å²) in [5.41, 5.74) is 7.34. The largest absolute Gasteiger partial charge is 0.378 e. The van der Waals surface area contributed by atoms with Crippen molar-refractivity contribution in [2.24, 2.45) is 0 Å². The Morgan fingerprint density at radius 3 is 1.79 bits per heavy atom. The predicted molar refractivity (Wildman–Crippen MR) is 139 cm³/mol. The summed E-state index contributed by atoms with van der Waals surface area (Å²) in [6.07, 6.45) is 0. The van der Waals surface area contributed by atoms with Gasteiger partial charge in [0.15, 0.2) is 0 Å². The Bertz CT molecular complexity index is 1450. The smallest absolute Gasteiger partial charge is 0.255 e. The summed E-state index contributed by atoms with van der Waals surface area (Å²) in [6.45, 7) is 0. The van der Waals surface area contributed by atoms with E-state index >= 15 is 0 Å².